The maximum atomic E-state index is 12.6. The first kappa shape index (κ1) is 21.2. The highest BCUT2D eigenvalue weighted by Crippen LogP contribution is 2.11. The largest absolute Gasteiger partial charge is 0.480 e. The molecule has 0 saturated heterocycles. The minimum Gasteiger partial charge on any atom is -0.480 e. The molecule has 28 heavy (non-hydrogen) atoms. The molecule has 2 amide bonds. The SMILES string of the molecule is CC(=O)N(CCC(=O)N(C)C(Cc1ccccc1)C(=O)O)Cc1ccccc1. The molecule has 6 heteroatoms. The second kappa shape index (κ2) is 10.3. The summed E-state index contributed by atoms with van der Waals surface area (Å²) in [7, 11) is 1.50. The predicted molar refractivity (Wildman–Crippen MR) is 106 cm³/mol. The van der Waals surface area contributed by atoms with Crippen molar-refractivity contribution in [2.75, 3.05) is 13.6 Å². The number of carbonyl (C=O) groups is 3. The Kier molecular flexibility index (Phi) is 7.75. The zero-order chi connectivity index (χ0) is 20.5. The van der Waals surface area contributed by atoms with Crippen LogP contribution in [-0.4, -0.2) is 52.3 Å². The number of carboxylic acids is 1. The van der Waals surface area contributed by atoms with Crippen LogP contribution in [-0.2, 0) is 27.3 Å². The van der Waals surface area contributed by atoms with Crippen LogP contribution in [0.3, 0.4) is 0 Å². The Balaban J connectivity index is 1.98. The number of carbonyl (C=O) groups excluding carboxylic acids is 2. The average Bonchev–Trinajstić information content (AvgIpc) is 2.69. The summed E-state index contributed by atoms with van der Waals surface area (Å²) in [6.45, 7) is 2.12. The Labute approximate surface area is 165 Å². The van der Waals surface area contributed by atoms with Crippen molar-refractivity contribution < 1.29 is 19.5 Å². The second-order valence-electron chi connectivity index (χ2n) is 6.72. The molecule has 6 nitrogen and oxygen atoms in total. The molecule has 2 rings (SSSR count). The molecule has 0 fully saturated rings. The summed E-state index contributed by atoms with van der Waals surface area (Å²) >= 11 is 0. The van der Waals surface area contributed by atoms with Crippen molar-refractivity contribution in [1.29, 1.82) is 0 Å². The van der Waals surface area contributed by atoms with Gasteiger partial charge in [-0.3, -0.25) is 9.59 Å². The van der Waals surface area contributed by atoms with Crippen molar-refractivity contribution in [2.24, 2.45) is 0 Å². The van der Waals surface area contributed by atoms with Crippen molar-refractivity contribution >= 4 is 17.8 Å². The van der Waals surface area contributed by atoms with Crippen LogP contribution in [0.2, 0.25) is 0 Å². The van der Waals surface area contributed by atoms with Gasteiger partial charge in [0.15, 0.2) is 0 Å². The van der Waals surface area contributed by atoms with Crippen LogP contribution in [0, 0.1) is 0 Å². The van der Waals surface area contributed by atoms with Crippen LogP contribution in [0.5, 0.6) is 0 Å². The normalized spacial score (nSPS) is 11.5. The van der Waals surface area contributed by atoms with Gasteiger partial charge in [-0.05, 0) is 11.1 Å². The van der Waals surface area contributed by atoms with Gasteiger partial charge in [0.1, 0.15) is 6.04 Å². The van der Waals surface area contributed by atoms with Gasteiger partial charge < -0.3 is 14.9 Å². The molecule has 148 valence electrons. The van der Waals surface area contributed by atoms with Crippen molar-refractivity contribution in [2.45, 2.75) is 32.4 Å². The van der Waals surface area contributed by atoms with Crippen LogP contribution in [0.25, 0.3) is 0 Å². The van der Waals surface area contributed by atoms with Gasteiger partial charge in [0, 0.05) is 39.9 Å². The molecule has 0 aromatic heterocycles. The first-order valence-electron chi connectivity index (χ1n) is 9.20. The van der Waals surface area contributed by atoms with Gasteiger partial charge in [0.2, 0.25) is 11.8 Å². The molecule has 0 saturated carbocycles. The van der Waals surface area contributed by atoms with Crippen LogP contribution in [0.1, 0.15) is 24.5 Å². The Hall–Kier alpha value is -3.15. The van der Waals surface area contributed by atoms with Gasteiger partial charge in [0.25, 0.3) is 0 Å². The van der Waals surface area contributed by atoms with Gasteiger partial charge in [-0.2, -0.15) is 0 Å². The van der Waals surface area contributed by atoms with Crippen LogP contribution < -0.4 is 0 Å². The van der Waals surface area contributed by atoms with E-state index >= 15 is 0 Å². The summed E-state index contributed by atoms with van der Waals surface area (Å²) in [6.07, 6.45) is 0.306. The van der Waals surface area contributed by atoms with E-state index in [-0.39, 0.29) is 31.2 Å². The summed E-state index contributed by atoms with van der Waals surface area (Å²) in [5.74, 6) is -1.48. The minimum atomic E-state index is -1.05. The van der Waals surface area contributed by atoms with Crippen LogP contribution >= 0.6 is 0 Å². The number of amides is 2. The fourth-order valence-corrected chi connectivity index (χ4v) is 2.96. The van der Waals surface area contributed by atoms with E-state index in [0.717, 1.165) is 11.1 Å². The maximum Gasteiger partial charge on any atom is 0.326 e. The molecule has 0 radical (unpaired) electrons. The molecular formula is C22H26N2O4. The van der Waals surface area contributed by atoms with Crippen molar-refractivity contribution in [3.05, 3.63) is 71.8 Å². The Bertz CT molecular complexity index is 793. The highest BCUT2D eigenvalue weighted by Gasteiger charge is 2.27. The molecule has 2 aromatic carbocycles. The molecule has 0 aliphatic carbocycles. The number of nitrogens with zero attached hydrogens (tertiary/aromatic N) is 2. The number of likely N-dealkylation sites (N-methyl/N-ethyl adjacent to an activating group) is 1. The summed E-state index contributed by atoms with van der Waals surface area (Å²) < 4.78 is 0. The van der Waals surface area contributed by atoms with E-state index in [0.29, 0.717) is 6.54 Å². The summed E-state index contributed by atoms with van der Waals surface area (Å²) in [4.78, 5) is 39.0. The molecule has 2 aromatic rings. The maximum absolute atomic E-state index is 12.6. The van der Waals surface area contributed by atoms with Gasteiger partial charge >= 0.3 is 5.97 Å². The van der Waals surface area contributed by atoms with Gasteiger partial charge in [-0.1, -0.05) is 60.7 Å². The molecular weight excluding hydrogens is 356 g/mol. The van der Waals surface area contributed by atoms with E-state index in [1.807, 2.05) is 60.7 Å². The third-order valence-electron chi connectivity index (χ3n) is 4.68. The van der Waals surface area contributed by atoms with E-state index in [1.54, 1.807) is 4.90 Å². The minimum absolute atomic E-state index is 0.0709. The highest BCUT2D eigenvalue weighted by molar-refractivity contribution is 5.84. The third kappa shape index (κ3) is 6.23. The van der Waals surface area contributed by atoms with Gasteiger partial charge in [-0.25, -0.2) is 4.79 Å². The van der Waals surface area contributed by atoms with E-state index in [4.69, 9.17) is 0 Å². The molecule has 0 heterocycles. The smallest absolute Gasteiger partial charge is 0.326 e. The summed E-state index contributed by atoms with van der Waals surface area (Å²) in [6, 6.07) is 17.8. The number of hydrogen-bond acceptors (Lipinski definition) is 3. The standard InChI is InChI=1S/C22H26N2O4/c1-17(25)24(16-19-11-7-4-8-12-19)14-13-21(26)23(2)20(22(27)28)15-18-9-5-3-6-10-18/h3-12,20H,13-16H2,1-2H3,(H,27,28). The van der Waals surface area contributed by atoms with E-state index < -0.39 is 12.0 Å². The second-order valence-corrected chi connectivity index (χ2v) is 6.72. The van der Waals surface area contributed by atoms with Crippen LogP contribution in [0.4, 0.5) is 0 Å². The molecule has 0 spiro atoms. The Morgan fingerprint density at radius 1 is 0.929 bits per heavy atom. The lowest BCUT2D eigenvalue weighted by Crippen LogP contribution is -2.45. The van der Waals surface area contributed by atoms with Crippen molar-refractivity contribution in [3.8, 4) is 0 Å². The molecule has 0 aliphatic rings. The van der Waals surface area contributed by atoms with Gasteiger partial charge in [0.05, 0.1) is 0 Å². The number of carboxylic acid groups (broad SMARTS) is 1. The zero-order valence-electron chi connectivity index (χ0n) is 16.2. The average molecular weight is 382 g/mol. The van der Waals surface area contributed by atoms with Crippen molar-refractivity contribution in [3.63, 3.8) is 0 Å². The quantitative estimate of drug-likeness (QED) is 0.723. The molecule has 1 atom stereocenters. The predicted octanol–water partition coefficient (Wildman–Crippen LogP) is 2.58. The lowest BCUT2D eigenvalue weighted by atomic mass is 10.0. The first-order valence-corrected chi connectivity index (χ1v) is 9.20. The van der Waals surface area contributed by atoms with E-state index in [2.05, 4.69) is 0 Å². The Morgan fingerprint density at radius 2 is 1.46 bits per heavy atom. The number of aliphatic carboxylic acids is 1. The fraction of sp³-hybridized carbons (Fsp3) is 0.318. The molecule has 1 N–H and O–H groups in total. The molecule has 0 aliphatic heterocycles. The number of rotatable bonds is 9. The zero-order valence-corrected chi connectivity index (χ0v) is 16.2. The fourth-order valence-electron chi connectivity index (χ4n) is 2.96. The monoisotopic (exact) mass is 382 g/mol. The van der Waals surface area contributed by atoms with E-state index in [9.17, 15) is 19.5 Å². The van der Waals surface area contributed by atoms with Crippen molar-refractivity contribution in [1.82, 2.24) is 9.80 Å². The molecule has 0 bridgehead atoms. The lowest BCUT2D eigenvalue weighted by Gasteiger charge is -2.27. The van der Waals surface area contributed by atoms with E-state index in [1.165, 1.54) is 18.9 Å². The Morgan fingerprint density at radius 3 is 1.96 bits per heavy atom. The topological polar surface area (TPSA) is 77.9 Å². The summed E-state index contributed by atoms with van der Waals surface area (Å²) in [5.41, 5.74) is 1.83. The lowest BCUT2D eigenvalue weighted by molar-refractivity contribution is -0.149. The number of hydrogen-bond donors (Lipinski definition) is 1. The third-order valence-corrected chi connectivity index (χ3v) is 4.68. The van der Waals surface area contributed by atoms with Gasteiger partial charge in [-0.15, -0.1) is 0 Å². The van der Waals surface area contributed by atoms with Crippen LogP contribution in [0.15, 0.2) is 60.7 Å². The summed E-state index contributed by atoms with van der Waals surface area (Å²) in [5, 5.41) is 9.56. The number of benzene rings is 2. The highest BCUT2D eigenvalue weighted by atomic mass is 16.4. The first-order chi connectivity index (χ1) is 13.4. The molecule has 1 unspecified atom stereocenters.